The fourth-order valence-electron chi connectivity index (χ4n) is 4.24. The molecule has 13 heteroatoms. The molecule has 1 saturated heterocycles. The van der Waals surface area contributed by atoms with Gasteiger partial charge in [-0.15, -0.1) is 11.3 Å². The number of nitrogens with zero attached hydrogens (tertiary/aromatic N) is 2. The Morgan fingerprint density at radius 1 is 0.950 bits per heavy atom. The fourth-order valence-corrected chi connectivity index (χ4v) is 6.62. The van der Waals surface area contributed by atoms with E-state index in [9.17, 15) is 22.8 Å². The maximum absolute atomic E-state index is 13.1. The van der Waals surface area contributed by atoms with Gasteiger partial charge in [0.1, 0.15) is 22.1 Å². The van der Waals surface area contributed by atoms with Crippen molar-refractivity contribution in [2.45, 2.75) is 25.7 Å². The number of piperazine rings is 1. The average Bonchev–Trinajstić information content (AvgIpc) is 3.55. The minimum Gasteiger partial charge on any atom is -0.462 e. The molecule has 0 bridgehead atoms. The quantitative estimate of drug-likeness (QED) is 0.352. The van der Waals surface area contributed by atoms with Gasteiger partial charge in [0.15, 0.2) is 0 Å². The maximum Gasteiger partial charge on any atom is 0.341 e. The average molecular weight is 590 g/mol. The molecule has 1 aliphatic rings. The van der Waals surface area contributed by atoms with Crippen LogP contribution in [0.15, 0.2) is 51.1 Å². The maximum atomic E-state index is 13.1. The molecule has 40 heavy (non-hydrogen) atoms. The highest BCUT2D eigenvalue weighted by atomic mass is 32.2. The highest BCUT2D eigenvalue weighted by molar-refractivity contribution is 7.89. The van der Waals surface area contributed by atoms with Crippen molar-refractivity contribution in [1.82, 2.24) is 9.21 Å². The third-order valence-electron chi connectivity index (χ3n) is 6.23. The summed E-state index contributed by atoms with van der Waals surface area (Å²) >= 11 is 1.20. The zero-order chi connectivity index (χ0) is 28.9. The van der Waals surface area contributed by atoms with Gasteiger partial charge in [-0.25, -0.2) is 18.0 Å². The lowest BCUT2D eigenvalue weighted by atomic mass is 10.1. The van der Waals surface area contributed by atoms with Gasteiger partial charge in [-0.3, -0.25) is 9.69 Å². The first-order valence-corrected chi connectivity index (χ1v) is 15.1. The minimum atomic E-state index is -3.76. The SMILES string of the molecule is CCOC(=O)c1ccc(S(=O)(=O)N2CCN(CC(=O)Nc3scc(-c4ccc(C)o4)c3C(=O)OCC)CC2)cc1. The van der Waals surface area contributed by atoms with E-state index in [1.54, 1.807) is 38.3 Å². The number of ether oxygens (including phenoxy) is 2. The Morgan fingerprint density at radius 2 is 1.60 bits per heavy atom. The summed E-state index contributed by atoms with van der Waals surface area (Å²) in [5, 5.41) is 4.91. The number of furan rings is 1. The molecule has 4 rings (SSSR count). The molecule has 3 heterocycles. The van der Waals surface area contributed by atoms with Crippen molar-refractivity contribution >= 4 is 44.2 Å². The molecule has 11 nitrogen and oxygen atoms in total. The summed E-state index contributed by atoms with van der Waals surface area (Å²) in [6, 6.07) is 9.19. The lowest BCUT2D eigenvalue weighted by molar-refractivity contribution is -0.117. The van der Waals surface area contributed by atoms with E-state index in [0.29, 0.717) is 35.2 Å². The summed E-state index contributed by atoms with van der Waals surface area (Å²) in [5.41, 5.74) is 1.06. The first-order chi connectivity index (χ1) is 19.1. The second-order valence-corrected chi connectivity index (χ2v) is 11.8. The van der Waals surface area contributed by atoms with E-state index in [0.717, 1.165) is 0 Å². The van der Waals surface area contributed by atoms with Crippen LogP contribution in [-0.4, -0.2) is 81.4 Å². The van der Waals surface area contributed by atoms with Crippen molar-refractivity contribution in [3.63, 3.8) is 0 Å². The smallest absolute Gasteiger partial charge is 0.341 e. The Bertz CT molecular complexity index is 1470. The number of esters is 2. The molecule has 0 unspecified atom stereocenters. The Balaban J connectivity index is 1.37. The van der Waals surface area contributed by atoms with Crippen molar-refractivity contribution in [2.75, 3.05) is 51.3 Å². The Labute approximate surface area is 236 Å². The third-order valence-corrected chi connectivity index (χ3v) is 9.04. The van der Waals surface area contributed by atoms with Crippen LogP contribution in [0.3, 0.4) is 0 Å². The van der Waals surface area contributed by atoms with E-state index < -0.39 is 22.0 Å². The molecule has 0 radical (unpaired) electrons. The number of thiophene rings is 1. The predicted octanol–water partition coefficient (Wildman–Crippen LogP) is 3.61. The molecule has 0 saturated carbocycles. The molecular formula is C27H31N3O8S2. The monoisotopic (exact) mass is 589 g/mol. The molecule has 2 aromatic heterocycles. The number of aryl methyl sites for hydroxylation is 1. The van der Waals surface area contributed by atoms with Crippen molar-refractivity contribution in [3.05, 3.63) is 58.7 Å². The van der Waals surface area contributed by atoms with Crippen LogP contribution in [0.5, 0.6) is 0 Å². The number of carbonyl (C=O) groups is 3. The molecule has 1 aromatic carbocycles. The van der Waals surface area contributed by atoms with Gasteiger partial charge in [-0.05, 0) is 57.2 Å². The van der Waals surface area contributed by atoms with Crippen LogP contribution in [0.1, 0.15) is 40.3 Å². The molecule has 0 spiro atoms. The number of anilines is 1. The Hall–Kier alpha value is -3.52. The second-order valence-electron chi connectivity index (χ2n) is 8.96. The lowest BCUT2D eigenvalue weighted by Gasteiger charge is -2.33. The number of hydrogen-bond acceptors (Lipinski definition) is 10. The van der Waals surface area contributed by atoms with Crippen LogP contribution >= 0.6 is 11.3 Å². The molecule has 3 aromatic rings. The van der Waals surface area contributed by atoms with Crippen LogP contribution in [0.4, 0.5) is 5.00 Å². The van der Waals surface area contributed by atoms with Crippen LogP contribution in [0.2, 0.25) is 0 Å². The standard InChI is InChI=1S/C27H31N3O8S2/c1-4-36-26(32)19-7-9-20(10-8-19)40(34,35)30-14-12-29(13-15-30)16-23(31)28-25-24(27(33)37-5-2)21(17-39-25)22-11-6-18(3)38-22/h6-11,17H,4-5,12-16H2,1-3H3,(H,28,31). The molecular weight excluding hydrogens is 558 g/mol. The van der Waals surface area contributed by atoms with E-state index in [4.69, 9.17) is 13.9 Å². The van der Waals surface area contributed by atoms with E-state index in [2.05, 4.69) is 5.32 Å². The van der Waals surface area contributed by atoms with E-state index in [1.807, 2.05) is 4.90 Å². The highest BCUT2D eigenvalue weighted by Crippen LogP contribution is 2.37. The highest BCUT2D eigenvalue weighted by Gasteiger charge is 2.30. The zero-order valence-electron chi connectivity index (χ0n) is 22.5. The molecule has 1 amide bonds. The Kier molecular flexibility index (Phi) is 9.40. The largest absolute Gasteiger partial charge is 0.462 e. The van der Waals surface area contributed by atoms with Crippen LogP contribution in [0.25, 0.3) is 11.3 Å². The predicted molar refractivity (Wildman–Crippen MR) is 149 cm³/mol. The third kappa shape index (κ3) is 6.61. The van der Waals surface area contributed by atoms with E-state index in [-0.39, 0.29) is 54.8 Å². The lowest BCUT2D eigenvalue weighted by Crippen LogP contribution is -2.50. The van der Waals surface area contributed by atoms with Crippen molar-refractivity contribution in [2.24, 2.45) is 0 Å². The molecule has 1 fully saturated rings. The molecule has 0 atom stereocenters. The Morgan fingerprint density at radius 3 is 2.20 bits per heavy atom. The number of carbonyl (C=O) groups excluding carboxylic acids is 3. The number of benzene rings is 1. The van der Waals surface area contributed by atoms with Gasteiger partial charge in [0, 0.05) is 37.1 Å². The number of amides is 1. The summed E-state index contributed by atoms with van der Waals surface area (Å²) in [4.78, 5) is 39.4. The van der Waals surface area contributed by atoms with Gasteiger partial charge in [-0.1, -0.05) is 0 Å². The fraction of sp³-hybridized carbons (Fsp3) is 0.370. The van der Waals surface area contributed by atoms with Gasteiger partial charge < -0.3 is 19.2 Å². The van der Waals surface area contributed by atoms with Crippen molar-refractivity contribution in [3.8, 4) is 11.3 Å². The molecule has 214 valence electrons. The minimum absolute atomic E-state index is 0.0253. The van der Waals surface area contributed by atoms with E-state index >= 15 is 0 Å². The number of rotatable bonds is 10. The zero-order valence-corrected chi connectivity index (χ0v) is 24.1. The normalized spacial score (nSPS) is 14.6. The second kappa shape index (κ2) is 12.8. The van der Waals surface area contributed by atoms with Crippen LogP contribution in [0, 0.1) is 6.92 Å². The van der Waals surface area contributed by atoms with Gasteiger partial charge in [-0.2, -0.15) is 4.31 Å². The van der Waals surface area contributed by atoms with Gasteiger partial charge in [0.2, 0.25) is 15.9 Å². The summed E-state index contributed by atoms with van der Waals surface area (Å²) in [5.74, 6) is -0.207. The summed E-state index contributed by atoms with van der Waals surface area (Å²) < 4.78 is 43.4. The number of sulfonamides is 1. The number of hydrogen-bond donors (Lipinski definition) is 1. The van der Waals surface area contributed by atoms with Gasteiger partial charge in [0.05, 0.1) is 30.2 Å². The van der Waals surface area contributed by atoms with Gasteiger partial charge in [0.25, 0.3) is 0 Å². The first kappa shape index (κ1) is 29.5. The first-order valence-electron chi connectivity index (χ1n) is 12.8. The molecule has 0 aliphatic carbocycles. The molecule has 1 N–H and O–H groups in total. The van der Waals surface area contributed by atoms with Crippen molar-refractivity contribution < 1.29 is 36.7 Å². The van der Waals surface area contributed by atoms with Gasteiger partial charge >= 0.3 is 11.9 Å². The number of nitrogens with one attached hydrogen (secondary N) is 1. The summed E-state index contributed by atoms with van der Waals surface area (Å²) in [7, 11) is -3.76. The summed E-state index contributed by atoms with van der Waals surface area (Å²) in [6.45, 7) is 6.73. The molecule has 1 aliphatic heterocycles. The van der Waals surface area contributed by atoms with Crippen LogP contribution < -0.4 is 5.32 Å². The van der Waals surface area contributed by atoms with E-state index in [1.165, 1.54) is 39.9 Å². The topological polar surface area (TPSA) is 135 Å². The van der Waals surface area contributed by atoms with Crippen LogP contribution in [-0.2, 0) is 24.3 Å². The summed E-state index contributed by atoms with van der Waals surface area (Å²) in [6.07, 6.45) is 0. The van der Waals surface area contributed by atoms with Crippen molar-refractivity contribution in [1.29, 1.82) is 0 Å².